The predicted octanol–water partition coefficient (Wildman–Crippen LogP) is 4.50. The van der Waals surface area contributed by atoms with Gasteiger partial charge in [-0.05, 0) is 44.9 Å². The fourth-order valence-corrected chi connectivity index (χ4v) is 3.98. The quantitative estimate of drug-likeness (QED) is 0.878. The Bertz CT molecular complexity index is 568. The molecule has 0 amide bonds. The van der Waals surface area contributed by atoms with E-state index in [2.05, 4.69) is 42.3 Å². The zero-order valence-corrected chi connectivity index (χ0v) is 13.2. The first-order valence-electron chi connectivity index (χ1n) is 7.72. The van der Waals surface area contributed by atoms with Crippen molar-refractivity contribution in [1.29, 1.82) is 0 Å². The van der Waals surface area contributed by atoms with E-state index in [-0.39, 0.29) is 0 Å². The standard InChI is InChI=1S/C16H23N3S/c1-3-19(4-2)13-9-10-14-15(11-13)20-16(18-14)17-12-7-5-6-8-12/h9-12H,3-8H2,1-2H3,(H,17,18). The number of aromatic nitrogens is 1. The highest BCUT2D eigenvalue weighted by Crippen LogP contribution is 2.31. The summed E-state index contributed by atoms with van der Waals surface area (Å²) in [6, 6.07) is 7.26. The van der Waals surface area contributed by atoms with E-state index >= 15 is 0 Å². The molecule has 1 N–H and O–H groups in total. The lowest BCUT2D eigenvalue weighted by Gasteiger charge is -2.20. The van der Waals surface area contributed by atoms with Crippen molar-refractivity contribution in [1.82, 2.24) is 4.98 Å². The van der Waals surface area contributed by atoms with E-state index < -0.39 is 0 Å². The lowest BCUT2D eigenvalue weighted by atomic mass is 10.2. The van der Waals surface area contributed by atoms with Gasteiger partial charge in [0.05, 0.1) is 10.2 Å². The number of hydrogen-bond donors (Lipinski definition) is 1. The molecule has 3 nitrogen and oxygen atoms in total. The minimum Gasteiger partial charge on any atom is -0.372 e. The Morgan fingerprint density at radius 1 is 1.25 bits per heavy atom. The summed E-state index contributed by atoms with van der Waals surface area (Å²) in [4.78, 5) is 7.10. The highest BCUT2D eigenvalue weighted by atomic mass is 32.1. The van der Waals surface area contributed by atoms with Crippen LogP contribution >= 0.6 is 11.3 Å². The van der Waals surface area contributed by atoms with Gasteiger partial charge in [0.15, 0.2) is 5.13 Å². The van der Waals surface area contributed by atoms with Gasteiger partial charge < -0.3 is 10.2 Å². The maximum Gasteiger partial charge on any atom is 0.184 e. The number of benzene rings is 1. The van der Waals surface area contributed by atoms with Crippen LogP contribution in [0.1, 0.15) is 39.5 Å². The highest BCUT2D eigenvalue weighted by molar-refractivity contribution is 7.22. The van der Waals surface area contributed by atoms with Crippen LogP contribution in [0.5, 0.6) is 0 Å². The van der Waals surface area contributed by atoms with Gasteiger partial charge in [0.25, 0.3) is 0 Å². The largest absolute Gasteiger partial charge is 0.372 e. The van der Waals surface area contributed by atoms with Gasteiger partial charge in [-0.3, -0.25) is 0 Å². The van der Waals surface area contributed by atoms with Gasteiger partial charge >= 0.3 is 0 Å². The molecule has 2 aromatic rings. The number of thiazole rings is 1. The van der Waals surface area contributed by atoms with Crippen LogP contribution in [0, 0.1) is 0 Å². The molecule has 1 aliphatic carbocycles. The third kappa shape index (κ3) is 2.75. The van der Waals surface area contributed by atoms with E-state index in [4.69, 9.17) is 4.98 Å². The van der Waals surface area contributed by atoms with Crippen molar-refractivity contribution in [3.63, 3.8) is 0 Å². The van der Waals surface area contributed by atoms with Crippen LogP contribution in [0.4, 0.5) is 10.8 Å². The molecule has 0 spiro atoms. The smallest absolute Gasteiger partial charge is 0.184 e. The molecule has 1 heterocycles. The van der Waals surface area contributed by atoms with Gasteiger partial charge in [-0.1, -0.05) is 24.2 Å². The molecule has 0 atom stereocenters. The minimum absolute atomic E-state index is 0.637. The Kier molecular flexibility index (Phi) is 4.10. The summed E-state index contributed by atoms with van der Waals surface area (Å²) in [5.41, 5.74) is 2.42. The Morgan fingerprint density at radius 3 is 2.70 bits per heavy atom. The minimum atomic E-state index is 0.637. The first-order valence-corrected chi connectivity index (χ1v) is 8.54. The van der Waals surface area contributed by atoms with E-state index in [9.17, 15) is 0 Å². The summed E-state index contributed by atoms with van der Waals surface area (Å²) in [5, 5.41) is 4.69. The zero-order valence-electron chi connectivity index (χ0n) is 12.4. The number of anilines is 2. The third-order valence-electron chi connectivity index (χ3n) is 4.18. The van der Waals surface area contributed by atoms with Crippen molar-refractivity contribution in [3.8, 4) is 0 Å². The molecule has 108 valence electrons. The summed E-state index contributed by atoms with van der Waals surface area (Å²) < 4.78 is 1.29. The van der Waals surface area contributed by atoms with Crippen LogP contribution in [-0.4, -0.2) is 24.1 Å². The Balaban J connectivity index is 1.83. The van der Waals surface area contributed by atoms with E-state index in [1.165, 1.54) is 36.1 Å². The first-order chi connectivity index (χ1) is 9.80. The second-order valence-corrected chi connectivity index (χ2v) is 6.50. The van der Waals surface area contributed by atoms with E-state index in [0.717, 1.165) is 23.7 Å². The molecule has 1 fully saturated rings. The van der Waals surface area contributed by atoms with Crippen LogP contribution in [0.15, 0.2) is 18.2 Å². The number of fused-ring (bicyclic) bond motifs is 1. The van der Waals surface area contributed by atoms with Crippen molar-refractivity contribution in [2.45, 2.75) is 45.6 Å². The second kappa shape index (κ2) is 6.00. The molecular weight excluding hydrogens is 266 g/mol. The molecule has 3 rings (SSSR count). The molecule has 0 saturated heterocycles. The van der Waals surface area contributed by atoms with Crippen LogP contribution in [0.3, 0.4) is 0 Å². The average Bonchev–Trinajstić information content (AvgIpc) is 3.09. The topological polar surface area (TPSA) is 28.2 Å². The van der Waals surface area contributed by atoms with Crippen molar-refractivity contribution in [3.05, 3.63) is 18.2 Å². The first kappa shape index (κ1) is 13.7. The van der Waals surface area contributed by atoms with Crippen molar-refractivity contribution in [2.75, 3.05) is 23.3 Å². The molecule has 1 aromatic heterocycles. The summed E-state index contributed by atoms with van der Waals surface area (Å²) in [7, 11) is 0. The fourth-order valence-electron chi connectivity index (χ4n) is 3.01. The molecule has 0 bridgehead atoms. The van der Waals surface area contributed by atoms with Crippen molar-refractivity contribution in [2.24, 2.45) is 0 Å². The fraction of sp³-hybridized carbons (Fsp3) is 0.562. The molecular formula is C16H23N3S. The Hall–Kier alpha value is -1.29. The molecule has 0 unspecified atom stereocenters. The monoisotopic (exact) mass is 289 g/mol. The summed E-state index contributed by atoms with van der Waals surface area (Å²) in [5.74, 6) is 0. The lowest BCUT2D eigenvalue weighted by molar-refractivity contribution is 0.754. The van der Waals surface area contributed by atoms with Gasteiger partial charge in [-0.25, -0.2) is 4.98 Å². The normalized spacial score (nSPS) is 15.9. The van der Waals surface area contributed by atoms with Crippen molar-refractivity contribution < 1.29 is 0 Å². The molecule has 4 heteroatoms. The second-order valence-electron chi connectivity index (χ2n) is 5.47. The number of hydrogen-bond acceptors (Lipinski definition) is 4. The molecule has 1 saturated carbocycles. The van der Waals surface area contributed by atoms with E-state index in [0.29, 0.717) is 6.04 Å². The summed E-state index contributed by atoms with van der Waals surface area (Å²) in [6.45, 7) is 6.50. The Labute approximate surface area is 125 Å². The van der Waals surface area contributed by atoms with Crippen molar-refractivity contribution >= 4 is 32.4 Å². The third-order valence-corrected chi connectivity index (χ3v) is 5.13. The van der Waals surface area contributed by atoms with Crippen LogP contribution < -0.4 is 10.2 Å². The zero-order chi connectivity index (χ0) is 13.9. The van der Waals surface area contributed by atoms with Crippen LogP contribution in [0.2, 0.25) is 0 Å². The maximum atomic E-state index is 4.72. The van der Waals surface area contributed by atoms with Crippen LogP contribution in [-0.2, 0) is 0 Å². The number of nitrogens with zero attached hydrogens (tertiary/aromatic N) is 2. The highest BCUT2D eigenvalue weighted by Gasteiger charge is 2.16. The predicted molar refractivity (Wildman–Crippen MR) is 89.1 cm³/mol. The van der Waals surface area contributed by atoms with Gasteiger partial charge in [-0.15, -0.1) is 0 Å². The molecule has 20 heavy (non-hydrogen) atoms. The average molecular weight is 289 g/mol. The number of rotatable bonds is 5. The van der Waals surface area contributed by atoms with Gasteiger partial charge in [0.2, 0.25) is 0 Å². The maximum absolute atomic E-state index is 4.72. The van der Waals surface area contributed by atoms with Gasteiger partial charge in [0.1, 0.15) is 0 Å². The molecule has 0 radical (unpaired) electrons. The SMILES string of the molecule is CCN(CC)c1ccc2nc(NC3CCCC3)sc2c1. The van der Waals surface area contributed by atoms with Gasteiger partial charge in [-0.2, -0.15) is 0 Å². The lowest BCUT2D eigenvalue weighted by Crippen LogP contribution is -2.21. The van der Waals surface area contributed by atoms with Crippen LogP contribution in [0.25, 0.3) is 10.2 Å². The summed E-state index contributed by atoms with van der Waals surface area (Å²) in [6.07, 6.45) is 5.30. The van der Waals surface area contributed by atoms with E-state index in [1.807, 2.05) is 0 Å². The molecule has 0 aliphatic heterocycles. The summed E-state index contributed by atoms with van der Waals surface area (Å²) >= 11 is 1.79. The number of nitrogens with one attached hydrogen (secondary N) is 1. The van der Waals surface area contributed by atoms with E-state index in [1.54, 1.807) is 11.3 Å². The molecule has 1 aliphatic rings. The Morgan fingerprint density at radius 2 is 2.00 bits per heavy atom. The van der Waals surface area contributed by atoms with Gasteiger partial charge in [0, 0.05) is 24.8 Å². The molecule has 1 aromatic carbocycles.